The summed E-state index contributed by atoms with van der Waals surface area (Å²) < 4.78 is 24.0. The van der Waals surface area contributed by atoms with Crippen molar-refractivity contribution in [2.45, 2.75) is 72.0 Å². The maximum atomic E-state index is 13.6. The second-order valence-electron chi connectivity index (χ2n) is 15.9. The first-order valence-corrected chi connectivity index (χ1v) is 18.1. The first-order chi connectivity index (χ1) is 24.6. The number of benzene rings is 2. The summed E-state index contributed by atoms with van der Waals surface area (Å²) in [5.41, 5.74) is 3.87. The number of fused-ring (bicyclic) bond motifs is 3. The predicted octanol–water partition coefficient (Wildman–Crippen LogP) is 5.69. The lowest BCUT2D eigenvalue weighted by molar-refractivity contribution is 0.0671. The Kier molecular flexibility index (Phi) is 11.7. The molecule has 12 heteroatoms. The van der Waals surface area contributed by atoms with Crippen LogP contribution in [0.15, 0.2) is 53.6 Å². The van der Waals surface area contributed by atoms with Gasteiger partial charge in [0.2, 0.25) is 0 Å². The van der Waals surface area contributed by atoms with E-state index in [4.69, 9.17) is 18.9 Å². The van der Waals surface area contributed by atoms with E-state index in [0.717, 1.165) is 43.1 Å². The summed E-state index contributed by atoms with van der Waals surface area (Å²) in [6.45, 7) is 18.9. The number of hydrogen-bond acceptors (Lipinski definition) is 9. The zero-order valence-electron chi connectivity index (χ0n) is 32.2. The van der Waals surface area contributed by atoms with Gasteiger partial charge >= 0.3 is 0 Å². The number of β-amino-alcohol motifs (C(OH)–C–C–N with tert-alkyl or cyclic N) is 1. The third kappa shape index (κ3) is 8.60. The molecular weight excluding hydrogens is 659 g/mol. The number of carbonyl (C=O) groups excluding carboxylic acids is 2. The number of nitrogens with zero attached hydrogens (tertiary/aromatic N) is 4. The van der Waals surface area contributed by atoms with Gasteiger partial charge in [-0.3, -0.25) is 14.6 Å². The van der Waals surface area contributed by atoms with Crippen LogP contribution >= 0.6 is 0 Å². The van der Waals surface area contributed by atoms with Crippen LogP contribution < -0.4 is 23.8 Å². The molecule has 3 heterocycles. The van der Waals surface area contributed by atoms with Crippen LogP contribution in [-0.4, -0.2) is 107 Å². The van der Waals surface area contributed by atoms with Crippen LogP contribution in [0, 0.1) is 10.8 Å². The van der Waals surface area contributed by atoms with E-state index in [2.05, 4.69) is 45.8 Å². The first kappa shape index (κ1) is 38.8. The van der Waals surface area contributed by atoms with Crippen molar-refractivity contribution in [3.8, 4) is 23.0 Å². The van der Waals surface area contributed by atoms with E-state index in [9.17, 15) is 14.7 Å². The van der Waals surface area contributed by atoms with Crippen LogP contribution in [0.25, 0.3) is 0 Å². The number of carbonyl (C=O) groups is 2. The van der Waals surface area contributed by atoms with E-state index in [0.29, 0.717) is 71.8 Å². The van der Waals surface area contributed by atoms with Crippen molar-refractivity contribution < 1.29 is 33.6 Å². The van der Waals surface area contributed by atoms with Crippen LogP contribution in [0.5, 0.6) is 23.0 Å². The highest BCUT2D eigenvalue weighted by molar-refractivity contribution is 6.10. The van der Waals surface area contributed by atoms with Gasteiger partial charge in [-0.2, -0.15) is 0 Å². The fourth-order valence-electron chi connectivity index (χ4n) is 6.73. The van der Waals surface area contributed by atoms with E-state index < -0.39 is 6.23 Å². The number of amides is 2. The standard InChI is InChI=1S/C40H55BN4O7/c1-25-14-27-20-42-30-17-34(32(49-8)15-28(30)38(48)45(27)22-25)52-24-40(5,6)11-10-39(3,4)12-13-51-35-18-31-29(16-33(35)50-9)37(47)44(21-26(2)19-41)23-36(46)43(31)7/h15-18,20,27,36,46H,1-2,10-14,19,21-24,41H2,3-9H3. The Hall–Kier alpha value is -4.45. The molecule has 0 bridgehead atoms. The molecule has 0 aliphatic carbocycles. The van der Waals surface area contributed by atoms with Gasteiger partial charge in [0.25, 0.3) is 11.8 Å². The van der Waals surface area contributed by atoms with Crippen molar-refractivity contribution >= 4 is 37.3 Å². The zero-order valence-corrected chi connectivity index (χ0v) is 32.2. The van der Waals surface area contributed by atoms with Crippen molar-refractivity contribution in [1.29, 1.82) is 0 Å². The van der Waals surface area contributed by atoms with E-state index in [1.807, 2.05) is 25.0 Å². The van der Waals surface area contributed by atoms with Gasteiger partial charge in [0.1, 0.15) is 14.1 Å². The van der Waals surface area contributed by atoms with Crippen LogP contribution in [0.4, 0.5) is 11.4 Å². The quantitative estimate of drug-likeness (QED) is 0.185. The van der Waals surface area contributed by atoms with E-state index in [1.54, 1.807) is 49.3 Å². The van der Waals surface area contributed by atoms with E-state index in [-0.39, 0.29) is 35.2 Å². The average Bonchev–Trinajstić information content (AvgIpc) is 3.41. The molecular formula is C40H55BN4O7. The van der Waals surface area contributed by atoms with Gasteiger partial charge in [0, 0.05) is 38.5 Å². The monoisotopic (exact) mass is 714 g/mol. The Bertz CT molecular complexity index is 1740. The lowest BCUT2D eigenvalue weighted by Crippen LogP contribution is -2.41. The molecule has 52 heavy (non-hydrogen) atoms. The summed E-state index contributed by atoms with van der Waals surface area (Å²) in [6.07, 6.45) is 5.05. The Balaban J connectivity index is 1.19. The normalized spacial score (nSPS) is 18.8. The third-order valence-electron chi connectivity index (χ3n) is 10.5. The maximum Gasteiger partial charge on any atom is 0.257 e. The highest BCUT2D eigenvalue weighted by atomic mass is 16.5. The Morgan fingerprint density at radius 2 is 1.60 bits per heavy atom. The number of rotatable bonds is 15. The molecule has 0 spiro atoms. The van der Waals surface area contributed by atoms with Crippen molar-refractivity contribution in [2.75, 3.05) is 59.0 Å². The number of anilines is 1. The SMILES string of the molecule is BCC(=C)CN1CC(O)N(C)c2cc(OCCC(C)(C)CCC(C)(C)COc3cc4c(cc3OC)C(=O)N3CC(=C)CC3C=N4)c(OC)cc2C1=O. The summed E-state index contributed by atoms with van der Waals surface area (Å²) in [7, 11) is 6.92. The van der Waals surface area contributed by atoms with Gasteiger partial charge in [-0.1, -0.05) is 58.3 Å². The van der Waals surface area contributed by atoms with Crippen LogP contribution in [0.1, 0.15) is 74.1 Å². The van der Waals surface area contributed by atoms with Gasteiger partial charge in [-0.25, -0.2) is 0 Å². The molecule has 1 N–H and O–H groups in total. The number of aliphatic imine (C=N–C) groups is 1. The van der Waals surface area contributed by atoms with E-state index in [1.165, 1.54) is 0 Å². The minimum Gasteiger partial charge on any atom is -0.493 e. The maximum absolute atomic E-state index is 13.6. The largest absolute Gasteiger partial charge is 0.493 e. The minimum absolute atomic E-state index is 0.0448. The van der Waals surface area contributed by atoms with Crippen molar-refractivity contribution in [3.63, 3.8) is 0 Å². The summed E-state index contributed by atoms with van der Waals surface area (Å²) in [6, 6.07) is 6.96. The number of methoxy groups -OCH3 is 2. The first-order valence-electron chi connectivity index (χ1n) is 18.1. The molecule has 0 aromatic heterocycles. The smallest absolute Gasteiger partial charge is 0.257 e. The molecule has 3 aliphatic rings. The summed E-state index contributed by atoms with van der Waals surface area (Å²) in [5, 5.41) is 10.9. The molecule has 5 rings (SSSR count). The van der Waals surface area contributed by atoms with Gasteiger partial charge < -0.3 is 38.8 Å². The Morgan fingerprint density at radius 1 is 0.942 bits per heavy atom. The van der Waals surface area contributed by atoms with Crippen molar-refractivity contribution in [2.24, 2.45) is 15.8 Å². The van der Waals surface area contributed by atoms with Gasteiger partial charge in [-0.15, -0.1) is 0 Å². The molecule has 2 unspecified atom stereocenters. The summed E-state index contributed by atoms with van der Waals surface area (Å²) >= 11 is 0. The highest BCUT2D eigenvalue weighted by Gasteiger charge is 2.35. The molecule has 280 valence electrons. The lowest BCUT2D eigenvalue weighted by atomic mass is 9.78. The molecule has 2 atom stereocenters. The van der Waals surface area contributed by atoms with Gasteiger partial charge in [-0.05, 0) is 48.6 Å². The van der Waals surface area contributed by atoms with E-state index >= 15 is 0 Å². The highest BCUT2D eigenvalue weighted by Crippen LogP contribution is 2.41. The van der Waals surface area contributed by atoms with Gasteiger partial charge in [0.05, 0.1) is 62.5 Å². The second kappa shape index (κ2) is 15.7. The number of aliphatic hydroxyl groups excluding tert-OH is 1. The molecule has 3 aliphatic heterocycles. The fraction of sp³-hybridized carbons (Fsp3) is 0.525. The molecule has 2 amide bonds. The van der Waals surface area contributed by atoms with Crippen LogP contribution in [0.2, 0.25) is 6.32 Å². The minimum atomic E-state index is -0.878. The third-order valence-corrected chi connectivity index (χ3v) is 10.5. The number of likely N-dealkylation sites (N-methyl/N-ethyl adjacent to an activating group) is 1. The van der Waals surface area contributed by atoms with Crippen molar-refractivity contribution in [3.05, 3.63) is 59.7 Å². The topological polar surface area (TPSA) is 113 Å². The Labute approximate surface area is 309 Å². The average molecular weight is 715 g/mol. The summed E-state index contributed by atoms with van der Waals surface area (Å²) in [4.78, 5) is 36.7. The number of aliphatic hydroxyl groups is 1. The summed E-state index contributed by atoms with van der Waals surface area (Å²) in [5.74, 6) is 1.81. The predicted molar refractivity (Wildman–Crippen MR) is 208 cm³/mol. The molecule has 1 fully saturated rings. The van der Waals surface area contributed by atoms with Crippen LogP contribution in [0.3, 0.4) is 0 Å². The Morgan fingerprint density at radius 3 is 2.27 bits per heavy atom. The zero-order chi connectivity index (χ0) is 38.0. The molecule has 2 aromatic rings. The molecule has 0 radical (unpaired) electrons. The second-order valence-corrected chi connectivity index (χ2v) is 15.9. The molecule has 0 saturated carbocycles. The molecule has 2 aromatic carbocycles. The van der Waals surface area contributed by atoms with Crippen molar-refractivity contribution in [1.82, 2.24) is 9.80 Å². The fourth-order valence-corrected chi connectivity index (χ4v) is 6.73. The van der Waals surface area contributed by atoms with Crippen LogP contribution in [-0.2, 0) is 0 Å². The molecule has 11 nitrogen and oxygen atoms in total. The number of ether oxygens (including phenoxy) is 4. The number of hydrogen-bond donors (Lipinski definition) is 1. The van der Waals surface area contributed by atoms with Gasteiger partial charge in [0.15, 0.2) is 23.0 Å². The lowest BCUT2D eigenvalue weighted by Gasteiger charge is -2.31. The molecule has 1 saturated heterocycles.